The maximum absolute atomic E-state index is 12.5. The Labute approximate surface area is 178 Å². The second-order valence-corrected chi connectivity index (χ2v) is 8.35. The number of hydrogen-bond donors (Lipinski definition) is 2. The number of nitrogens with zero attached hydrogens (tertiary/aromatic N) is 3. The van der Waals surface area contributed by atoms with Crippen LogP contribution in [0.15, 0.2) is 82.7 Å². The van der Waals surface area contributed by atoms with Crippen LogP contribution in [0.25, 0.3) is 16.9 Å². The number of aromatic nitrogens is 3. The lowest BCUT2D eigenvalue weighted by molar-refractivity contribution is 0.0918. The Balaban J connectivity index is 1.59. The van der Waals surface area contributed by atoms with Crippen LogP contribution in [0, 0.1) is 0 Å². The van der Waals surface area contributed by atoms with Gasteiger partial charge in [0.2, 0.25) is 5.09 Å². The van der Waals surface area contributed by atoms with Crippen LogP contribution in [0.2, 0.25) is 0 Å². The molecule has 3 aromatic heterocycles. The van der Waals surface area contributed by atoms with Gasteiger partial charge in [-0.1, -0.05) is 18.2 Å². The van der Waals surface area contributed by atoms with Gasteiger partial charge in [0, 0.05) is 36.3 Å². The summed E-state index contributed by atoms with van der Waals surface area (Å²) < 4.78 is 32.7. The van der Waals surface area contributed by atoms with Crippen LogP contribution >= 0.6 is 0 Å². The van der Waals surface area contributed by atoms with Crippen molar-refractivity contribution in [2.75, 3.05) is 7.05 Å². The summed E-state index contributed by atoms with van der Waals surface area (Å²) >= 11 is 0. The Morgan fingerprint density at radius 1 is 1.06 bits per heavy atom. The lowest BCUT2D eigenvalue weighted by atomic mass is 10.1. The third-order valence-corrected chi connectivity index (χ3v) is 5.83. The van der Waals surface area contributed by atoms with E-state index in [2.05, 4.69) is 20.1 Å². The topological polar surface area (TPSA) is 119 Å². The number of rotatable bonds is 7. The van der Waals surface area contributed by atoms with Crippen molar-refractivity contribution in [2.24, 2.45) is 0 Å². The van der Waals surface area contributed by atoms with Gasteiger partial charge in [0.25, 0.3) is 15.9 Å². The molecule has 31 heavy (non-hydrogen) atoms. The molecule has 0 spiro atoms. The molecule has 1 aromatic carbocycles. The summed E-state index contributed by atoms with van der Waals surface area (Å²) in [4.78, 5) is 16.6. The molecule has 3 heterocycles. The first kappa shape index (κ1) is 20.5. The monoisotopic (exact) mass is 437 g/mol. The minimum absolute atomic E-state index is 0.102. The van der Waals surface area contributed by atoms with E-state index in [1.807, 2.05) is 48.7 Å². The third kappa shape index (κ3) is 4.39. The SMILES string of the molecule is CNS(=O)(=O)c1ccc(C(=O)NCc2cn(-c3ccccc3)nc2-c2ccncc2)o1. The van der Waals surface area contributed by atoms with E-state index in [0.29, 0.717) is 5.69 Å². The highest BCUT2D eigenvalue weighted by Gasteiger charge is 2.20. The van der Waals surface area contributed by atoms with Crippen molar-refractivity contribution in [1.29, 1.82) is 0 Å². The second-order valence-electron chi connectivity index (χ2n) is 6.53. The van der Waals surface area contributed by atoms with Crippen LogP contribution in [0.3, 0.4) is 0 Å². The van der Waals surface area contributed by atoms with Gasteiger partial charge >= 0.3 is 0 Å². The maximum Gasteiger partial charge on any atom is 0.287 e. The van der Waals surface area contributed by atoms with Crippen molar-refractivity contribution in [3.05, 3.63) is 84.5 Å². The Hall–Kier alpha value is -3.76. The van der Waals surface area contributed by atoms with E-state index in [-0.39, 0.29) is 17.4 Å². The number of pyridine rings is 1. The van der Waals surface area contributed by atoms with Crippen molar-refractivity contribution < 1.29 is 17.6 Å². The van der Waals surface area contributed by atoms with Gasteiger partial charge in [0.05, 0.1) is 11.4 Å². The summed E-state index contributed by atoms with van der Waals surface area (Å²) in [5, 5.41) is 7.11. The molecule has 0 fully saturated rings. The molecule has 0 saturated carbocycles. The molecule has 4 aromatic rings. The van der Waals surface area contributed by atoms with Gasteiger partial charge < -0.3 is 9.73 Å². The molecule has 0 saturated heterocycles. The van der Waals surface area contributed by atoms with Gasteiger partial charge in [0.15, 0.2) is 5.76 Å². The quantitative estimate of drug-likeness (QED) is 0.458. The molecule has 4 rings (SSSR count). The smallest absolute Gasteiger partial charge is 0.287 e. The first-order valence-corrected chi connectivity index (χ1v) is 10.8. The zero-order valence-corrected chi connectivity index (χ0v) is 17.3. The minimum Gasteiger partial charge on any atom is -0.438 e. The van der Waals surface area contributed by atoms with Crippen LogP contribution in [-0.2, 0) is 16.6 Å². The van der Waals surface area contributed by atoms with E-state index in [1.54, 1.807) is 17.1 Å². The fourth-order valence-electron chi connectivity index (χ4n) is 2.95. The molecular weight excluding hydrogens is 418 g/mol. The van der Waals surface area contributed by atoms with Crippen LogP contribution in [-0.4, -0.2) is 36.1 Å². The zero-order valence-electron chi connectivity index (χ0n) is 16.5. The number of nitrogens with one attached hydrogen (secondary N) is 2. The van der Waals surface area contributed by atoms with Crippen LogP contribution in [0.1, 0.15) is 16.1 Å². The fourth-order valence-corrected chi connectivity index (χ4v) is 3.60. The minimum atomic E-state index is -3.76. The normalized spacial score (nSPS) is 11.4. The second kappa shape index (κ2) is 8.54. The number of carbonyl (C=O) groups is 1. The summed E-state index contributed by atoms with van der Waals surface area (Å²) in [5.74, 6) is -0.638. The van der Waals surface area contributed by atoms with Crippen molar-refractivity contribution in [2.45, 2.75) is 11.6 Å². The molecule has 10 heteroatoms. The molecule has 0 atom stereocenters. The summed E-state index contributed by atoms with van der Waals surface area (Å²) in [6.07, 6.45) is 5.18. The molecule has 9 nitrogen and oxygen atoms in total. The van der Waals surface area contributed by atoms with Crippen molar-refractivity contribution in [3.63, 3.8) is 0 Å². The fraction of sp³-hybridized carbons (Fsp3) is 0.0952. The van der Waals surface area contributed by atoms with Gasteiger partial charge in [0.1, 0.15) is 0 Å². The predicted molar refractivity (Wildman–Crippen MR) is 113 cm³/mol. The lowest BCUT2D eigenvalue weighted by Crippen LogP contribution is -2.22. The summed E-state index contributed by atoms with van der Waals surface area (Å²) in [5.41, 5.74) is 3.21. The number of benzene rings is 1. The number of amides is 1. The molecule has 0 radical (unpaired) electrons. The molecular formula is C21H19N5O4S. The molecule has 2 N–H and O–H groups in total. The van der Waals surface area contributed by atoms with Gasteiger partial charge in [-0.25, -0.2) is 17.8 Å². The molecule has 0 aliphatic rings. The zero-order chi connectivity index (χ0) is 21.8. The van der Waals surface area contributed by atoms with E-state index in [1.165, 1.54) is 19.2 Å². The summed E-state index contributed by atoms with van der Waals surface area (Å²) in [6.45, 7) is 0.165. The highest BCUT2D eigenvalue weighted by Crippen LogP contribution is 2.23. The van der Waals surface area contributed by atoms with E-state index < -0.39 is 15.9 Å². The highest BCUT2D eigenvalue weighted by atomic mass is 32.2. The Morgan fingerprint density at radius 2 is 1.81 bits per heavy atom. The van der Waals surface area contributed by atoms with Crippen LogP contribution in [0.5, 0.6) is 0 Å². The van der Waals surface area contributed by atoms with Gasteiger partial charge in [-0.15, -0.1) is 0 Å². The van der Waals surface area contributed by atoms with Crippen molar-refractivity contribution in [1.82, 2.24) is 24.8 Å². The van der Waals surface area contributed by atoms with Crippen LogP contribution < -0.4 is 10.0 Å². The number of sulfonamides is 1. The molecule has 0 aliphatic heterocycles. The molecule has 158 valence electrons. The number of hydrogen-bond acceptors (Lipinski definition) is 6. The summed E-state index contributed by atoms with van der Waals surface area (Å²) in [7, 11) is -2.50. The van der Waals surface area contributed by atoms with Crippen molar-refractivity contribution >= 4 is 15.9 Å². The van der Waals surface area contributed by atoms with E-state index in [0.717, 1.165) is 16.8 Å². The first-order valence-electron chi connectivity index (χ1n) is 9.34. The Kier molecular flexibility index (Phi) is 5.65. The van der Waals surface area contributed by atoms with Gasteiger partial charge in [-0.05, 0) is 43.4 Å². The van der Waals surface area contributed by atoms with Gasteiger partial charge in [-0.3, -0.25) is 9.78 Å². The average Bonchev–Trinajstić information content (AvgIpc) is 3.47. The van der Waals surface area contributed by atoms with Crippen LogP contribution in [0.4, 0.5) is 0 Å². The Morgan fingerprint density at radius 3 is 2.52 bits per heavy atom. The standard InChI is InChI=1S/C21H19N5O4S/c1-22-31(28,29)19-8-7-18(30-19)21(27)24-13-16-14-26(17-5-3-2-4-6-17)25-20(16)15-9-11-23-12-10-15/h2-12,14,22H,13H2,1H3,(H,24,27). The van der Waals surface area contributed by atoms with E-state index >= 15 is 0 Å². The summed E-state index contributed by atoms with van der Waals surface area (Å²) in [6, 6.07) is 15.8. The molecule has 1 amide bonds. The third-order valence-electron chi connectivity index (χ3n) is 4.54. The highest BCUT2D eigenvalue weighted by molar-refractivity contribution is 7.89. The number of para-hydroxylation sites is 1. The predicted octanol–water partition coefficient (Wildman–Crippen LogP) is 2.37. The largest absolute Gasteiger partial charge is 0.438 e. The average molecular weight is 437 g/mol. The molecule has 0 aliphatic carbocycles. The van der Waals surface area contributed by atoms with Gasteiger partial charge in [-0.2, -0.15) is 5.10 Å². The maximum atomic E-state index is 12.5. The number of furan rings is 1. The van der Waals surface area contributed by atoms with E-state index in [9.17, 15) is 13.2 Å². The van der Waals surface area contributed by atoms with E-state index in [4.69, 9.17) is 4.42 Å². The number of carbonyl (C=O) groups excluding carboxylic acids is 1. The molecule has 0 unspecified atom stereocenters. The van der Waals surface area contributed by atoms with Crippen molar-refractivity contribution in [3.8, 4) is 16.9 Å². The lowest BCUT2D eigenvalue weighted by Gasteiger charge is -2.04. The molecule has 0 bridgehead atoms. The Bertz CT molecular complexity index is 1300. The first-order chi connectivity index (χ1) is 15.0.